The van der Waals surface area contributed by atoms with E-state index < -0.39 is 6.04 Å². The number of carbonyl (C=O) groups excluding carboxylic acids is 1. The number of fused-ring (bicyclic) bond motifs is 2. The van der Waals surface area contributed by atoms with Crippen molar-refractivity contribution >= 4 is 40.1 Å². The third-order valence-corrected chi connectivity index (χ3v) is 7.38. The van der Waals surface area contributed by atoms with Crippen LogP contribution in [-0.2, 0) is 6.42 Å². The van der Waals surface area contributed by atoms with E-state index >= 15 is 0 Å². The Morgan fingerprint density at radius 1 is 0.943 bits per heavy atom. The Hall–Kier alpha value is -3.28. The van der Waals surface area contributed by atoms with E-state index in [9.17, 15) is 9.59 Å². The van der Waals surface area contributed by atoms with Crippen LogP contribution in [0, 0.1) is 13.8 Å². The molecule has 1 aliphatic rings. The fraction of sp³-hybridized carbons (Fsp3) is 0.214. The molecule has 2 heterocycles. The molecule has 5 rings (SSSR count). The molecule has 0 bridgehead atoms. The molecule has 0 aliphatic carbocycles. The first-order valence-electron chi connectivity index (χ1n) is 11.2. The molecule has 5 nitrogen and oxygen atoms in total. The van der Waals surface area contributed by atoms with Crippen molar-refractivity contribution in [1.82, 2.24) is 4.90 Å². The summed E-state index contributed by atoms with van der Waals surface area (Å²) in [4.78, 5) is 29.0. The Morgan fingerprint density at radius 3 is 2.34 bits per heavy atom. The van der Waals surface area contributed by atoms with Gasteiger partial charge < -0.3 is 14.1 Å². The first-order valence-corrected chi connectivity index (χ1v) is 12.0. The largest absolute Gasteiger partial charge is 0.497 e. The van der Waals surface area contributed by atoms with E-state index in [2.05, 4.69) is 0 Å². The molecular formula is C28H23Cl2NO4. The maximum atomic E-state index is 13.7. The second-order valence-corrected chi connectivity index (χ2v) is 9.59. The SMILES string of the molecule is COc1ccc(CCN2C(=O)c3oc4cc(C)c(C)cc4c(=O)c3C2c2ccc(Cl)c(Cl)c2)cc1. The van der Waals surface area contributed by atoms with Gasteiger partial charge in [-0.3, -0.25) is 9.59 Å². The van der Waals surface area contributed by atoms with Crippen LogP contribution in [-0.4, -0.2) is 24.5 Å². The molecular weight excluding hydrogens is 485 g/mol. The molecule has 0 spiro atoms. The zero-order valence-electron chi connectivity index (χ0n) is 19.5. The third-order valence-electron chi connectivity index (χ3n) is 6.64. The van der Waals surface area contributed by atoms with Gasteiger partial charge in [0.1, 0.15) is 11.3 Å². The summed E-state index contributed by atoms with van der Waals surface area (Å²) in [5, 5.41) is 1.22. The molecule has 0 N–H and O–H groups in total. The van der Waals surface area contributed by atoms with E-state index in [1.165, 1.54) is 0 Å². The molecule has 0 radical (unpaired) electrons. The topological polar surface area (TPSA) is 59.8 Å². The molecule has 1 amide bonds. The molecule has 35 heavy (non-hydrogen) atoms. The normalized spacial score (nSPS) is 15.1. The lowest BCUT2D eigenvalue weighted by Crippen LogP contribution is -2.31. The number of methoxy groups -OCH3 is 1. The van der Waals surface area contributed by atoms with Crippen LogP contribution in [0.4, 0.5) is 0 Å². The number of ether oxygens (including phenoxy) is 1. The lowest BCUT2D eigenvalue weighted by atomic mass is 9.97. The zero-order chi connectivity index (χ0) is 24.9. The van der Waals surface area contributed by atoms with Crippen LogP contribution < -0.4 is 10.2 Å². The molecule has 7 heteroatoms. The van der Waals surface area contributed by atoms with Gasteiger partial charge in [0.05, 0.1) is 34.1 Å². The summed E-state index contributed by atoms with van der Waals surface area (Å²) in [6.45, 7) is 4.28. The van der Waals surface area contributed by atoms with Crippen LogP contribution in [0.15, 0.2) is 63.8 Å². The van der Waals surface area contributed by atoms with E-state index in [0.29, 0.717) is 45.1 Å². The van der Waals surface area contributed by atoms with Crippen LogP contribution in [0.25, 0.3) is 11.0 Å². The maximum absolute atomic E-state index is 13.7. The van der Waals surface area contributed by atoms with Gasteiger partial charge in [0.15, 0.2) is 5.43 Å². The Balaban J connectivity index is 1.63. The minimum atomic E-state index is -0.632. The van der Waals surface area contributed by atoms with Crippen LogP contribution >= 0.6 is 23.2 Å². The fourth-order valence-corrected chi connectivity index (χ4v) is 4.88. The van der Waals surface area contributed by atoms with Crippen molar-refractivity contribution in [2.45, 2.75) is 26.3 Å². The predicted molar refractivity (Wildman–Crippen MR) is 138 cm³/mol. The predicted octanol–water partition coefficient (Wildman–Crippen LogP) is 6.51. The van der Waals surface area contributed by atoms with Crippen LogP contribution in [0.1, 0.15) is 44.4 Å². The van der Waals surface area contributed by atoms with Crippen molar-refractivity contribution in [3.63, 3.8) is 0 Å². The highest BCUT2D eigenvalue weighted by Gasteiger charge is 2.42. The van der Waals surface area contributed by atoms with Gasteiger partial charge in [0.25, 0.3) is 5.91 Å². The second-order valence-electron chi connectivity index (χ2n) is 8.78. The molecule has 1 atom stereocenters. The Kier molecular flexibility index (Phi) is 6.07. The molecule has 3 aromatic carbocycles. The zero-order valence-corrected chi connectivity index (χ0v) is 21.0. The van der Waals surface area contributed by atoms with Crippen molar-refractivity contribution in [1.29, 1.82) is 0 Å². The van der Waals surface area contributed by atoms with Crippen molar-refractivity contribution in [2.75, 3.05) is 13.7 Å². The van der Waals surface area contributed by atoms with Crippen molar-refractivity contribution in [3.8, 4) is 5.75 Å². The molecule has 0 saturated heterocycles. The molecule has 1 aromatic heterocycles. The number of carbonyl (C=O) groups is 1. The molecule has 0 saturated carbocycles. The van der Waals surface area contributed by atoms with Crippen LogP contribution in [0.2, 0.25) is 10.0 Å². The van der Waals surface area contributed by atoms with Gasteiger partial charge >= 0.3 is 0 Å². The summed E-state index contributed by atoms with van der Waals surface area (Å²) in [7, 11) is 1.62. The van der Waals surface area contributed by atoms with Crippen molar-refractivity contribution in [2.24, 2.45) is 0 Å². The van der Waals surface area contributed by atoms with Crippen molar-refractivity contribution in [3.05, 3.63) is 108 Å². The first-order chi connectivity index (χ1) is 16.8. The Bertz CT molecular complexity index is 1530. The van der Waals surface area contributed by atoms with E-state index in [1.54, 1.807) is 30.2 Å². The molecule has 178 valence electrons. The summed E-state index contributed by atoms with van der Waals surface area (Å²) in [5.74, 6) is 0.525. The average molecular weight is 508 g/mol. The average Bonchev–Trinajstić information content (AvgIpc) is 3.13. The lowest BCUT2D eigenvalue weighted by Gasteiger charge is -2.25. The number of hydrogen-bond acceptors (Lipinski definition) is 4. The number of amides is 1. The van der Waals surface area contributed by atoms with E-state index in [1.807, 2.05) is 50.2 Å². The minimum absolute atomic E-state index is 0.0801. The number of halogens is 2. The molecule has 0 fully saturated rings. The number of rotatable bonds is 5. The quantitative estimate of drug-likeness (QED) is 0.308. The van der Waals surface area contributed by atoms with Crippen molar-refractivity contribution < 1.29 is 13.9 Å². The van der Waals surface area contributed by atoms with Crippen LogP contribution in [0.3, 0.4) is 0 Å². The van der Waals surface area contributed by atoms with Gasteiger partial charge in [-0.25, -0.2) is 0 Å². The highest BCUT2D eigenvalue weighted by molar-refractivity contribution is 6.42. The monoisotopic (exact) mass is 507 g/mol. The van der Waals surface area contributed by atoms with Gasteiger partial charge in [0, 0.05) is 6.54 Å². The molecule has 1 unspecified atom stereocenters. The van der Waals surface area contributed by atoms with Gasteiger partial charge in [-0.15, -0.1) is 0 Å². The Labute approximate surface area is 212 Å². The van der Waals surface area contributed by atoms with Gasteiger partial charge in [-0.05, 0) is 78.9 Å². The summed E-state index contributed by atoms with van der Waals surface area (Å²) in [5.41, 5.74) is 4.25. The van der Waals surface area contributed by atoms with E-state index in [4.69, 9.17) is 32.4 Å². The highest BCUT2D eigenvalue weighted by Crippen LogP contribution is 2.40. The van der Waals surface area contributed by atoms with Crippen LogP contribution in [0.5, 0.6) is 5.75 Å². The van der Waals surface area contributed by atoms with Gasteiger partial charge in [-0.2, -0.15) is 0 Å². The van der Waals surface area contributed by atoms with Gasteiger partial charge in [0.2, 0.25) is 5.76 Å². The van der Waals surface area contributed by atoms with E-state index in [0.717, 1.165) is 22.4 Å². The highest BCUT2D eigenvalue weighted by atomic mass is 35.5. The minimum Gasteiger partial charge on any atom is -0.497 e. The third kappa shape index (κ3) is 4.09. The number of benzene rings is 3. The smallest absolute Gasteiger partial charge is 0.290 e. The van der Waals surface area contributed by atoms with E-state index in [-0.39, 0.29) is 17.1 Å². The number of nitrogens with zero attached hydrogens (tertiary/aromatic N) is 1. The maximum Gasteiger partial charge on any atom is 0.290 e. The lowest BCUT2D eigenvalue weighted by molar-refractivity contribution is 0.0730. The number of hydrogen-bond donors (Lipinski definition) is 0. The number of aryl methyl sites for hydroxylation is 2. The summed E-state index contributed by atoms with van der Waals surface area (Å²) < 4.78 is 11.3. The Morgan fingerprint density at radius 2 is 1.66 bits per heavy atom. The molecule has 4 aromatic rings. The second kappa shape index (κ2) is 9.06. The standard InChI is InChI=1S/C28H23Cl2NO4/c1-15-12-20-23(13-16(15)2)35-27-24(26(20)32)25(18-6-9-21(29)22(30)14-18)31(28(27)33)11-10-17-4-7-19(34-3)8-5-17/h4-9,12-14,25H,10-11H2,1-3H3. The molecule has 1 aliphatic heterocycles. The first kappa shape index (κ1) is 23.5. The fourth-order valence-electron chi connectivity index (χ4n) is 4.58. The summed E-state index contributed by atoms with van der Waals surface area (Å²) in [6, 6.07) is 15.9. The van der Waals surface area contributed by atoms with Gasteiger partial charge in [-0.1, -0.05) is 41.4 Å². The summed E-state index contributed by atoms with van der Waals surface area (Å²) >= 11 is 12.5. The summed E-state index contributed by atoms with van der Waals surface area (Å²) in [6.07, 6.45) is 0.591.